The second kappa shape index (κ2) is 10.8. The van der Waals surface area contributed by atoms with Crippen LogP contribution in [0, 0.1) is 0 Å². The average Bonchev–Trinajstić information content (AvgIpc) is 3.19. The Labute approximate surface area is 201 Å². The maximum Gasteiger partial charge on any atom is 0.255 e. The van der Waals surface area contributed by atoms with Crippen LogP contribution in [0.2, 0.25) is 0 Å². The summed E-state index contributed by atoms with van der Waals surface area (Å²) in [5, 5.41) is 15.0. The van der Waals surface area contributed by atoms with Gasteiger partial charge in [-0.2, -0.15) is 10.1 Å². The molecule has 0 saturated carbocycles. The van der Waals surface area contributed by atoms with E-state index in [1.165, 1.54) is 16.8 Å². The van der Waals surface area contributed by atoms with E-state index in [-0.39, 0.29) is 24.0 Å². The Kier molecular flexibility index (Phi) is 7.33. The molecule has 3 aromatic carbocycles. The summed E-state index contributed by atoms with van der Waals surface area (Å²) in [7, 11) is 0. The average molecular weight is 476 g/mol. The number of hydrogen-bond acceptors (Lipinski definition) is 5. The number of carbonyl (C=O) groups is 2. The Morgan fingerprint density at radius 3 is 2.15 bits per heavy atom. The molecule has 7 nitrogen and oxygen atoms in total. The lowest BCUT2D eigenvalue weighted by atomic mass is 10.3. The number of thiocarbonyl (C=S) groups is 1. The number of rotatable bonds is 6. The SMILES string of the molecule is O=C(CSc1ccc(NC(=S)Nc2ccccc2)cc1)NC1=NN(c2ccccc2)C(=O)C1. The lowest BCUT2D eigenvalue weighted by molar-refractivity contribution is -0.117. The fourth-order valence-corrected chi connectivity index (χ4v) is 4.00. The van der Waals surface area contributed by atoms with Crippen LogP contribution in [0.1, 0.15) is 6.42 Å². The predicted octanol–water partition coefficient (Wildman–Crippen LogP) is 4.45. The third-order valence-electron chi connectivity index (χ3n) is 4.57. The largest absolute Gasteiger partial charge is 0.332 e. The topological polar surface area (TPSA) is 85.8 Å². The van der Waals surface area contributed by atoms with E-state index in [2.05, 4.69) is 21.1 Å². The fourth-order valence-electron chi connectivity index (χ4n) is 3.07. The molecule has 33 heavy (non-hydrogen) atoms. The van der Waals surface area contributed by atoms with E-state index >= 15 is 0 Å². The van der Waals surface area contributed by atoms with Crippen molar-refractivity contribution >= 4 is 63.8 Å². The Hall–Kier alpha value is -3.69. The Morgan fingerprint density at radius 2 is 1.48 bits per heavy atom. The van der Waals surface area contributed by atoms with Crippen LogP contribution in [-0.2, 0) is 9.59 Å². The van der Waals surface area contributed by atoms with Gasteiger partial charge in [-0.15, -0.1) is 11.8 Å². The van der Waals surface area contributed by atoms with Crippen molar-refractivity contribution in [1.29, 1.82) is 0 Å². The summed E-state index contributed by atoms with van der Waals surface area (Å²) < 4.78 is 0. The summed E-state index contributed by atoms with van der Waals surface area (Å²) in [5.41, 5.74) is 2.43. The fraction of sp³-hybridized carbons (Fsp3) is 0.0833. The quantitative estimate of drug-likeness (QED) is 0.361. The predicted molar refractivity (Wildman–Crippen MR) is 138 cm³/mol. The number of para-hydroxylation sites is 2. The zero-order valence-electron chi connectivity index (χ0n) is 17.5. The van der Waals surface area contributed by atoms with Crippen molar-refractivity contribution in [2.24, 2.45) is 5.10 Å². The van der Waals surface area contributed by atoms with Crippen molar-refractivity contribution in [3.8, 4) is 0 Å². The molecule has 1 aliphatic heterocycles. The molecule has 0 spiro atoms. The molecule has 0 radical (unpaired) electrons. The van der Waals surface area contributed by atoms with Crippen LogP contribution in [-0.4, -0.2) is 28.5 Å². The second-order valence-electron chi connectivity index (χ2n) is 7.07. The lowest BCUT2D eigenvalue weighted by Crippen LogP contribution is -2.31. The first kappa shape index (κ1) is 22.5. The molecule has 0 fully saturated rings. The van der Waals surface area contributed by atoms with E-state index < -0.39 is 0 Å². The highest BCUT2D eigenvalue weighted by molar-refractivity contribution is 8.00. The van der Waals surface area contributed by atoms with Gasteiger partial charge in [0.25, 0.3) is 5.91 Å². The number of nitrogens with one attached hydrogen (secondary N) is 3. The highest BCUT2D eigenvalue weighted by Crippen LogP contribution is 2.21. The first-order valence-corrected chi connectivity index (χ1v) is 11.6. The zero-order chi connectivity index (χ0) is 23.0. The molecule has 0 bridgehead atoms. The molecule has 3 aromatic rings. The third kappa shape index (κ3) is 6.41. The van der Waals surface area contributed by atoms with Crippen LogP contribution in [0.3, 0.4) is 0 Å². The molecule has 2 amide bonds. The van der Waals surface area contributed by atoms with E-state index in [0.717, 1.165) is 16.3 Å². The molecular weight excluding hydrogens is 454 g/mol. The van der Waals surface area contributed by atoms with Crippen LogP contribution in [0.4, 0.5) is 17.1 Å². The first-order valence-electron chi connectivity index (χ1n) is 10.2. The number of thioether (sulfide) groups is 1. The first-order chi connectivity index (χ1) is 16.1. The zero-order valence-corrected chi connectivity index (χ0v) is 19.2. The minimum atomic E-state index is -0.211. The highest BCUT2D eigenvalue weighted by atomic mass is 32.2. The lowest BCUT2D eigenvalue weighted by Gasteiger charge is -2.11. The molecule has 0 aliphatic carbocycles. The maximum absolute atomic E-state index is 12.3. The van der Waals surface area contributed by atoms with Crippen LogP contribution < -0.4 is 21.0 Å². The van der Waals surface area contributed by atoms with Crippen LogP contribution >= 0.6 is 24.0 Å². The van der Waals surface area contributed by atoms with E-state index in [0.29, 0.717) is 16.6 Å². The second-order valence-corrected chi connectivity index (χ2v) is 8.53. The number of hydrazone groups is 1. The third-order valence-corrected chi connectivity index (χ3v) is 5.79. The van der Waals surface area contributed by atoms with Crippen molar-refractivity contribution in [2.75, 3.05) is 21.4 Å². The van der Waals surface area contributed by atoms with Gasteiger partial charge in [-0.1, -0.05) is 36.4 Å². The number of benzene rings is 3. The Morgan fingerprint density at radius 1 is 0.879 bits per heavy atom. The molecule has 9 heteroatoms. The molecule has 0 atom stereocenters. The van der Waals surface area contributed by atoms with Crippen molar-refractivity contribution < 1.29 is 9.59 Å². The van der Waals surface area contributed by atoms with Crippen molar-refractivity contribution in [1.82, 2.24) is 5.32 Å². The summed E-state index contributed by atoms with van der Waals surface area (Å²) in [6.45, 7) is 0. The summed E-state index contributed by atoms with van der Waals surface area (Å²) in [4.78, 5) is 25.5. The minimum absolute atomic E-state index is 0.0720. The summed E-state index contributed by atoms with van der Waals surface area (Å²) in [5.74, 6) is 0.177. The molecule has 0 saturated heterocycles. The molecule has 4 rings (SSSR count). The summed E-state index contributed by atoms with van der Waals surface area (Å²) in [6.07, 6.45) is 0.0720. The molecule has 1 aliphatic rings. The number of anilines is 3. The standard InChI is InChI=1S/C24H21N5O2S2/c30-22(27-21-15-23(31)29(28-21)19-9-5-2-6-10-19)16-33-20-13-11-18(12-14-20)26-24(32)25-17-7-3-1-4-8-17/h1-14H,15-16H2,(H2,25,26,32)(H,27,28,30). The number of amides is 2. The molecular formula is C24H21N5O2S2. The summed E-state index contributed by atoms with van der Waals surface area (Å²) in [6, 6.07) is 26.4. The number of hydrogen-bond donors (Lipinski definition) is 3. The molecule has 0 aromatic heterocycles. The van der Waals surface area contributed by atoms with Gasteiger partial charge in [-0.05, 0) is 60.7 Å². The van der Waals surface area contributed by atoms with Crippen LogP contribution in [0.25, 0.3) is 0 Å². The van der Waals surface area contributed by atoms with Gasteiger partial charge in [0.05, 0.1) is 17.9 Å². The number of nitrogens with zero attached hydrogens (tertiary/aromatic N) is 2. The van der Waals surface area contributed by atoms with Gasteiger partial charge in [-0.3, -0.25) is 9.59 Å². The number of carbonyl (C=O) groups excluding carboxylic acids is 2. The van der Waals surface area contributed by atoms with Gasteiger partial charge in [0.15, 0.2) is 5.11 Å². The van der Waals surface area contributed by atoms with E-state index in [4.69, 9.17) is 12.2 Å². The molecule has 3 N–H and O–H groups in total. The smallest absolute Gasteiger partial charge is 0.255 e. The van der Waals surface area contributed by atoms with E-state index in [9.17, 15) is 9.59 Å². The molecule has 0 unspecified atom stereocenters. The van der Waals surface area contributed by atoms with Gasteiger partial charge in [0.2, 0.25) is 5.91 Å². The van der Waals surface area contributed by atoms with Gasteiger partial charge in [0.1, 0.15) is 5.84 Å². The van der Waals surface area contributed by atoms with Crippen LogP contribution in [0.15, 0.2) is 94.9 Å². The molecule has 166 valence electrons. The monoisotopic (exact) mass is 475 g/mol. The van der Waals surface area contributed by atoms with Crippen LogP contribution in [0.5, 0.6) is 0 Å². The van der Waals surface area contributed by atoms with E-state index in [1.54, 1.807) is 12.1 Å². The normalized spacial score (nSPS) is 12.8. The van der Waals surface area contributed by atoms with Crippen molar-refractivity contribution in [3.63, 3.8) is 0 Å². The number of amidine groups is 1. The Bertz CT molecular complexity index is 1170. The van der Waals surface area contributed by atoms with Gasteiger partial charge in [-0.25, -0.2) is 0 Å². The van der Waals surface area contributed by atoms with Crippen molar-refractivity contribution in [2.45, 2.75) is 11.3 Å². The maximum atomic E-state index is 12.3. The van der Waals surface area contributed by atoms with Gasteiger partial charge in [0, 0.05) is 16.3 Å². The Balaban J connectivity index is 1.24. The molecule has 1 heterocycles. The van der Waals surface area contributed by atoms with E-state index in [1.807, 2.05) is 72.8 Å². The summed E-state index contributed by atoms with van der Waals surface area (Å²) >= 11 is 6.73. The minimum Gasteiger partial charge on any atom is -0.332 e. The van der Waals surface area contributed by atoms with Crippen molar-refractivity contribution in [3.05, 3.63) is 84.9 Å². The van der Waals surface area contributed by atoms with Gasteiger partial charge >= 0.3 is 0 Å². The van der Waals surface area contributed by atoms with Gasteiger partial charge < -0.3 is 16.0 Å². The highest BCUT2D eigenvalue weighted by Gasteiger charge is 2.26.